The summed E-state index contributed by atoms with van der Waals surface area (Å²) >= 11 is 6.41. The van der Waals surface area contributed by atoms with Crippen LogP contribution in [0.4, 0.5) is 0 Å². The van der Waals surface area contributed by atoms with Gasteiger partial charge < -0.3 is 15.0 Å². The van der Waals surface area contributed by atoms with Crippen molar-refractivity contribution in [1.29, 1.82) is 0 Å². The third kappa shape index (κ3) is 6.69. The molecular formula is C23H34ClN5O2. The molecule has 1 aliphatic heterocycles. The van der Waals surface area contributed by atoms with Crippen LogP contribution >= 0.6 is 11.6 Å². The molecular weight excluding hydrogens is 414 g/mol. The lowest BCUT2D eigenvalue weighted by atomic mass is 10.1. The highest BCUT2D eigenvalue weighted by molar-refractivity contribution is 6.32. The SMILES string of the molecule is CCn1cc(CN2CCC(Oc3ccc(C(=O)NCCN(C)C)cc3Cl)CC2)c(C)n1. The van der Waals surface area contributed by atoms with Crippen molar-refractivity contribution in [1.82, 2.24) is 24.9 Å². The second-order valence-electron chi connectivity index (χ2n) is 8.39. The van der Waals surface area contributed by atoms with Crippen molar-refractivity contribution < 1.29 is 9.53 Å². The highest BCUT2D eigenvalue weighted by Crippen LogP contribution is 2.29. The first-order valence-electron chi connectivity index (χ1n) is 11.0. The van der Waals surface area contributed by atoms with Crippen LogP contribution in [0.2, 0.25) is 5.02 Å². The number of carbonyl (C=O) groups excluding carboxylic acids is 1. The summed E-state index contributed by atoms with van der Waals surface area (Å²) in [5.41, 5.74) is 2.95. The van der Waals surface area contributed by atoms with Crippen LogP contribution in [0.25, 0.3) is 0 Å². The summed E-state index contributed by atoms with van der Waals surface area (Å²) in [6, 6.07) is 5.26. The van der Waals surface area contributed by atoms with Crippen LogP contribution in [0.5, 0.6) is 5.75 Å². The van der Waals surface area contributed by atoms with Crippen LogP contribution in [0.3, 0.4) is 0 Å². The molecule has 1 aliphatic rings. The molecule has 1 amide bonds. The number of rotatable bonds is 9. The standard InChI is InChI=1S/C23H34ClN5O2/c1-5-29-16-19(17(2)26-29)15-28-11-8-20(9-12-28)31-22-7-6-18(14-21(22)24)23(30)25-10-13-27(3)4/h6-7,14,16,20H,5,8-13,15H2,1-4H3,(H,25,30). The van der Waals surface area contributed by atoms with E-state index < -0.39 is 0 Å². The Morgan fingerprint density at radius 2 is 2.06 bits per heavy atom. The number of hydrogen-bond donors (Lipinski definition) is 1. The van der Waals surface area contributed by atoms with Crippen molar-refractivity contribution >= 4 is 17.5 Å². The quantitative estimate of drug-likeness (QED) is 0.639. The summed E-state index contributed by atoms with van der Waals surface area (Å²) in [5, 5.41) is 7.92. The van der Waals surface area contributed by atoms with Gasteiger partial charge in [-0.3, -0.25) is 14.4 Å². The maximum Gasteiger partial charge on any atom is 0.251 e. The van der Waals surface area contributed by atoms with Gasteiger partial charge in [-0.05, 0) is 59.0 Å². The van der Waals surface area contributed by atoms with E-state index in [-0.39, 0.29) is 12.0 Å². The highest BCUT2D eigenvalue weighted by Gasteiger charge is 2.22. The summed E-state index contributed by atoms with van der Waals surface area (Å²) in [4.78, 5) is 16.7. The zero-order chi connectivity index (χ0) is 22.4. The molecule has 0 radical (unpaired) electrons. The number of amides is 1. The molecule has 170 valence electrons. The summed E-state index contributed by atoms with van der Waals surface area (Å²) in [6.07, 6.45) is 4.18. The van der Waals surface area contributed by atoms with Gasteiger partial charge >= 0.3 is 0 Å². The number of nitrogens with zero attached hydrogens (tertiary/aromatic N) is 4. The minimum Gasteiger partial charge on any atom is -0.489 e. The predicted octanol–water partition coefficient (Wildman–Crippen LogP) is 3.20. The van der Waals surface area contributed by atoms with Gasteiger partial charge in [0.15, 0.2) is 0 Å². The fourth-order valence-electron chi connectivity index (χ4n) is 3.71. The third-order valence-corrected chi connectivity index (χ3v) is 5.93. The lowest BCUT2D eigenvalue weighted by Crippen LogP contribution is -2.37. The molecule has 1 saturated heterocycles. The van der Waals surface area contributed by atoms with E-state index in [9.17, 15) is 4.79 Å². The topological polar surface area (TPSA) is 62.6 Å². The first-order chi connectivity index (χ1) is 14.9. The monoisotopic (exact) mass is 447 g/mol. The van der Waals surface area contributed by atoms with Crippen LogP contribution in [-0.2, 0) is 13.1 Å². The zero-order valence-corrected chi connectivity index (χ0v) is 19.8. The lowest BCUT2D eigenvalue weighted by Gasteiger charge is -2.32. The number of aromatic nitrogens is 2. The number of nitrogens with one attached hydrogen (secondary N) is 1. The minimum atomic E-state index is -0.120. The van der Waals surface area contributed by atoms with Gasteiger partial charge in [0.05, 0.1) is 10.7 Å². The van der Waals surface area contributed by atoms with Gasteiger partial charge in [-0.1, -0.05) is 11.6 Å². The van der Waals surface area contributed by atoms with Gasteiger partial charge in [0, 0.05) is 56.6 Å². The van der Waals surface area contributed by atoms with E-state index in [0.717, 1.165) is 51.3 Å². The van der Waals surface area contributed by atoms with Gasteiger partial charge in [0.1, 0.15) is 11.9 Å². The molecule has 0 unspecified atom stereocenters. The third-order valence-electron chi connectivity index (χ3n) is 5.63. The molecule has 31 heavy (non-hydrogen) atoms. The Bertz CT molecular complexity index is 875. The molecule has 2 heterocycles. The molecule has 1 aromatic heterocycles. The number of likely N-dealkylation sites (N-methyl/N-ethyl adjacent to an activating group) is 1. The average molecular weight is 448 g/mol. The lowest BCUT2D eigenvalue weighted by molar-refractivity contribution is 0.0948. The Kier molecular flexibility index (Phi) is 8.35. The predicted molar refractivity (Wildman–Crippen MR) is 124 cm³/mol. The number of halogens is 1. The average Bonchev–Trinajstić information content (AvgIpc) is 3.10. The van der Waals surface area contributed by atoms with Gasteiger partial charge in [0.25, 0.3) is 5.91 Å². The van der Waals surface area contributed by atoms with Crippen molar-refractivity contribution in [2.24, 2.45) is 0 Å². The number of carbonyl (C=O) groups is 1. The Morgan fingerprint density at radius 1 is 1.32 bits per heavy atom. The summed E-state index contributed by atoms with van der Waals surface area (Å²) < 4.78 is 8.16. The van der Waals surface area contributed by atoms with Crippen LogP contribution in [-0.4, -0.2) is 71.9 Å². The van der Waals surface area contributed by atoms with Crippen molar-refractivity contribution in [3.63, 3.8) is 0 Å². The Morgan fingerprint density at radius 3 is 2.68 bits per heavy atom. The van der Waals surface area contributed by atoms with Gasteiger partial charge in [0.2, 0.25) is 0 Å². The van der Waals surface area contributed by atoms with E-state index in [0.29, 0.717) is 22.9 Å². The molecule has 1 fully saturated rings. The van der Waals surface area contributed by atoms with Crippen molar-refractivity contribution in [2.75, 3.05) is 40.3 Å². The molecule has 7 nitrogen and oxygen atoms in total. The Labute approximate surface area is 190 Å². The first-order valence-corrected chi connectivity index (χ1v) is 11.4. The van der Waals surface area contributed by atoms with E-state index in [1.54, 1.807) is 18.2 Å². The molecule has 1 aromatic carbocycles. The first kappa shape index (κ1) is 23.6. The van der Waals surface area contributed by atoms with Crippen LogP contribution < -0.4 is 10.1 Å². The van der Waals surface area contributed by atoms with Crippen molar-refractivity contribution in [3.05, 3.63) is 46.2 Å². The van der Waals surface area contributed by atoms with Gasteiger partial charge in [-0.2, -0.15) is 5.10 Å². The zero-order valence-electron chi connectivity index (χ0n) is 19.0. The molecule has 0 bridgehead atoms. The smallest absolute Gasteiger partial charge is 0.251 e. The number of benzene rings is 1. The van der Waals surface area contributed by atoms with Crippen molar-refractivity contribution in [2.45, 2.75) is 45.9 Å². The number of hydrogen-bond acceptors (Lipinski definition) is 5. The summed E-state index contributed by atoms with van der Waals surface area (Å²) in [6.45, 7) is 9.35. The molecule has 8 heteroatoms. The largest absolute Gasteiger partial charge is 0.489 e. The van der Waals surface area contributed by atoms with E-state index >= 15 is 0 Å². The van der Waals surface area contributed by atoms with E-state index in [1.165, 1.54) is 5.56 Å². The summed E-state index contributed by atoms with van der Waals surface area (Å²) in [5.74, 6) is 0.523. The number of likely N-dealkylation sites (tertiary alicyclic amines) is 1. The summed E-state index contributed by atoms with van der Waals surface area (Å²) in [7, 11) is 3.95. The van der Waals surface area contributed by atoms with Gasteiger partial charge in [-0.25, -0.2) is 0 Å². The second-order valence-corrected chi connectivity index (χ2v) is 8.80. The number of aryl methyl sites for hydroxylation is 2. The van der Waals surface area contributed by atoms with Crippen LogP contribution in [0.15, 0.2) is 24.4 Å². The van der Waals surface area contributed by atoms with E-state index in [4.69, 9.17) is 16.3 Å². The number of ether oxygens (including phenoxy) is 1. The normalized spacial score (nSPS) is 15.4. The van der Waals surface area contributed by atoms with Crippen LogP contribution in [0.1, 0.15) is 41.4 Å². The minimum absolute atomic E-state index is 0.120. The molecule has 0 aliphatic carbocycles. The van der Waals surface area contributed by atoms with Crippen LogP contribution in [0, 0.1) is 6.92 Å². The second kappa shape index (κ2) is 11.0. The molecule has 3 rings (SSSR count). The Hall–Kier alpha value is -2.09. The maximum atomic E-state index is 12.3. The molecule has 1 N–H and O–H groups in total. The van der Waals surface area contributed by atoms with Gasteiger partial charge in [-0.15, -0.1) is 0 Å². The van der Waals surface area contributed by atoms with E-state index in [1.807, 2.05) is 23.7 Å². The molecule has 0 atom stereocenters. The van der Waals surface area contributed by atoms with Crippen molar-refractivity contribution in [3.8, 4) is 5.75 Å². The number of piperidine rings is 1. The molecule has 0 saturated carbocycles. The highest BCUT2D eigenvalue weighted by atomic mass is 35.5. The van der Waals surface area contributed by atoms with E-state index in [2.05, 4.69) is 35.4 Å². The Balaban J connectivity index is 1.48. The molecule has 2 aromatic rings. The maximum absolute atomic E-state index is 12.3. The fourth-order valence-corrected chi connectivity index (χ4v) is 3.94. The molecule has 0 spiro atoms. The fraction of sp³-hybridized carbons (Fsp3) is 0.565.